The summed E-state index contributed by atoms with van der Waals surface area (Å²) in [4.78, 5) is 19.1. The average molecular weight is 481 g/mol. The van der Waals surface area contributed by atoms with Crippen LogP contribution in [0.5, 0.6) is 23.2 Å². The fraction of sp³-hybridized carbons (Fsp3) is 0.370. The van der Waals surface area contributed by atoms with E-state index < -0.39 is 5.91 Å². The number of anilines is 2. The number of hydroxylamine groups is 1. The minimum Gasteiger partial charge on any atom is -0.496 e. The summed E-state index contributed by atoms with van der Waals surface area (Å²) in [6.45, 7) is 9.38. The highest BCUT2D eigenvalue weighted by Gasteiger charge is 2.34. The van der Waals surface area contributed by atoms with Gasteiger partial charge >= 0.3 is 5.95 Å². The number of hydrogen-bond acceptors (Lipinski definition) is 7. The molecule has 0 aliphatic carbocycles. The smallest absolute Gasteiger partial charge is 0.312 e. The van der Waals surface area contributed by atoms with Gasteiger partial charge in [0.1, 0.15) is 22.9 Å². The molecule has 1 aliphatic heterocycles. The van der Waals surface area contributed by atoms with Gasteiger partial charge < -0.3 is 28.8 Å². The van der Waals surface area contributed by atoms with Crippen LogP contribution in [0, 0.1) is 13.8 Å². The first-order valence-electron chi connectivity index (χ1n) is 11.5. The molecule has 1 N–H and O–H groups in total. The highest BCUT2D eigenvalue weighted by Crippen LogP contribution is 2.43. The van der Waals surface area contributed by atoms with Gasteiger partial charge in [-0.25, -0.2) is 5.06 Å². The van der Waals surface area contributed by atoms with Crippen molar-refractivity contribution in [2.24, 2.45) is 0 Å². The number of carbonyl (C=O) groups excluding carboxylic acids is 1. The molecule has 0 saturated carbocycles. The quantitative estimate of drug-likeness (QED) is 0.467. The van der Waals surface area contributed by atoms with E-state index in [4.69, 9.17) is 23.5 Å². The van der Waals surface area contributed by atoms with Crippen LogP contribution in [0.1, 0.15) is 47.5 Å². The summed E-state index contributed by atoms with van der Waals surface area (Å²) in [6, 6.07) is 10.9. The standard InChI is InChI=1S/C27H32N2O6/c1-16-8-9-19-25(17(16)2)29(13-12-27(19,3)4)35-23-11-10-20(34-23)26(30)28-24-21(32-6)14-18(31-5)15-22(24)33-7/h8-11,14-15H,12-13H2,1-7H3,(H,28,30). The molecule has 186 valence electrons. The van der Waals surface area contributed by atoms with Gasteiger partial charge in [0.15, 0.2) is 5.76 Å². The predicted octanol–water partition coefficient (Wildman–Crippen LogP) is 5.66. The number of ether oxygens (including phenoxy) is 3. The van der Waals surface area contributed by atoms with Crippen LogP contribution in [0.4, 0.5) is 11.4 Å². The second kappa shape index (κ2) is 9.44. The topological polar surface area (TPSA) is 82.4 Å². The first kappa shape index (κ1) is 24.3. The zero-order valence-electron chi connectivity index (χ0n) is 21.3. The van der Waals surface area contributed by atoms with Gasteiger partial charge in [-0.2, -0.15) is 0 Å². The van der Waals surface area contributed by atoms with Crippen LogP contribution in [0.25, 0.3) is 0 Å². The SMILES string of the molecule is COc1cc(OC)c(NC(=O)c2ccc(ON3CCC(C)(C)c4ccc(C)c(C)c43)o2)c(OC)c1. The number of methoxy groups -OCH3 is 3. The first-order valence-corrected chi connectivity index (χ1v) is 11.5. The summed E-state index contributed by atoms with van der Waals surface area (Å²) in [7, 11) is 4.55. The molecule has 0 spiro atoms. The average Bonchev–Trinajstić information content (AvgIpc) is 3.31. The van der Waals surface area contributed by atoms with Gasteiger partial charge in [-0.15, -0.1) is 0 Å². The Bertz CT molecular complexity index is 1220. The first-order chi connectivity index (χ1) is 16.7. The Labute approximate surface area is 205 Å². The van der Waals surface area contributed by atoms with E-state index in [-0.39, 0.29) is 17.1 Å². The lowest BCUT2D eigenvalue weighted by molar-refractivity contribution is 0.0983. The highest BCUT2D eigenvalue weighted by atomic mass is 16.7. The summed E-state index contributed by atoms with van der Waals surface area (Å²) >= 11 is 0. The largest absolute Gasteiger partial charge is 0.496 e. The fourth-order valence-corrected chi connectivity index (χ4v) is 4.29. The molecule has 4 rings (SSSR count). The minimum atomic E-state index is -0.464. The maximum absolute atomic E-state index is 13.0. The zero-order valence-corrected chi connectivity index (χ0v) is 21.3. The normalized spacial score (nSPS) is 14.2. The van der Waals surface area contributed by atoms with Gasteiger partial charge in [-0.3, -0.25) is 4.79 Å². The third-order valence-electron chi connectivity index (χ3n) is 6.58. The van der Waals surface area contributed by atoms with Gasteiger partial charge in [-0.1, -0.05) is 26.0 Å². The second-order valence-corrected chi connectivity index (χ2v) is 9.21. The van der Waals surface area contributed by atoms with Crippen LogP contribution in [0.15, 0.2) is 40.8 Å². The summed E-state index contributed by atoms with van der Waals surface area (Å²) in [5, 5.41) is 4.66. The van der Waals surface area contributed by atoms with Crippen LogP contribution in [-0.2, 0) is 5.41 Å². The van der Waals surface area contributed by atoms with Crippen molar-refractivity contribution in [3.63, 3.8) is 0 Å². The third kappa shape index (κ3) is 4.60. The Morgan fingerprint density at radius 1 is 1.00 bits per heavy atom. The summed E-state index contributed by atoms with van der Waals surface area (Å²) in [5.41, 5.74) is 5.05. The molecule has 0 fully saturated rings. The van der Waals surface area contributed by atoms with Crippen LogP contribution in [-0.4, -0.2) is 33.8 Å². The van der Waals surface area contributed by atoms with E-state index in [0.717, 1.165) is 12.1 Å². The number of benzene rings is 2. The second-order valence-electron chi connectivity index (χ2n) is 9.21. The summed E-state index contributed by atoms with van der Waals surface area (Å²) in [6.07, 6.45) is 0.924. The van der Waals surface area contributed by atoms with Gasteiger partial charge in [0.2, 0.25) is 0 Å². The Kier molecular flexibility index (Phi) is 6.56. The number of fused-ring (bicyclic) bond motifs is 1. The number of furan rings is 1. The zero-order chi connectivity index (χ0) is 25.3. The van der Waals surface area contributed by atoms with Gasteiger partial charge in [0.05, 0.1) is 33.6 Å². The van der Waals surface area contributed by atoms with Crippen LogP contribution in [0.3, 0.4) is 0 Å². The molecule has 0 bridgehead atoms. The van der Waals surface area contributed by atoms with Crippen molar-refractivity contribution in [2.45, 2.75) is 39.5 Å². The maximum Gasteiger partial charge on any atom is 0.312 e. The van der Waals surface area contributed by atoms with Crippen molar-refractivity contribution in [3.05, 3.63) is 58.8 Å². The van der Waals surface area contributed by atoms with E-state index in [1.54, 1.807) is 31.4 Å². The highest BCUT2D eigenvalue weighted by molar-refractivity contribution is 6.04. The lowest BCUT2D eigenvalue weighted by Gasteiger charge is -2.39. The number of amides is 1. The number of aryl methyl sites for hydroxylation is 1. The Hall–Kier alpha value is -3.81. The molecular formula is C27H32N2O6. The molecule has 8 heteroatoms. The molecule has 0 saturated heterocycles. The number of nitrogens with one attached hydrogen (secondary N) is 1. The molecule has 1 aromatic heterocycles. The molecule has 0 atom stereocenters. The minimum absolute atomic E-state index is 0.0400. The van der Waals surface area contributed by atoms with Gasteiger partial charge in [0, 0.05) is 18.2 Å². The van der Waals surface area contributed by atoms with Crippen LogP contribution < -0.4 is 29.4 Å². The lowest BCUT2D eigenvalue weighted by Crippen LogP contribution is -2.40. The van der Waals surface area contributed by atoms with Gasteiger partial charge in [0.25, 0.3) is 5.91 Å². The van der Waals surface area contributed by atoms with Crippen LogP contribution >= 0.6 is 0 Å². The van der Waals surface area contributed by atoms with E-state index in [1.807, 2.05) is 5.06 Å². The van der Waals surface area contributed by atoms with Crippen molar-refractivity contribution in [3.8, 4) is 23.2 Å². The molecule has 1 aliphatic rings. The predicted molar refractivity (Wildman–Crippen MR) is 134 cm³/mol. The molecule has 3 aromatic rings. The van der Waals surface area contributed by atoms with E-state index in [0.29, 0.717) is 29.5 Å². The monoisotopic (exact) mass is 480 g/mol. The number of hydrogen-bond donors (Lipinski definition) is 1. The van der Waals surface area contributed by atoms with Crippen LogP contribution in [0.2, 0.25) is 0 Å². The molecule has 0 radical (unpaired) electrons. The Balaban J connectivity index is 1.57. The lowest BCUT2D eigenvalue weighted by atomic mass is 9.77. The van der Waals surface area contributed by atoms with E-state index in [2.05, 4.69) is 45.1 Å². The number of carbonyl (C=O) groups is 1. The Morgan fingerprint density at radius 3 is 2.31 bits per heavy atom. The third-order valence-corrected chi connectivity index (χ3v) is 6.58. The Morgan fingerprint density at radius 2 is 1.69 bits per heavy atom. The molecule has 1 amide bonds. The molecule has 2 heterocycles. The van der Waals surface area contributed by atoms with Crippen molar-refractivity contribution in [2.75, 3.05) is 38.3 Å². The van der Waals surface area contributed by atoms with E-state index >= 15 is 0 Å². The van der Waals surface area contributed by atoms with Gasteiger partial charge in [-0.05, 0) is 48.4 Å². The summed E-state index contributed by atoms with van der Waals surface area (Å²) in [5.74, 6) is 1.20. The van der Waals surface area contributed by atoms with Crippen molar-refractivity contribution in [1.29, 1.82) is 0 Å². The van der Waals surface area contributed by atoms with E-state index in [9.17, 15) is 4.79 Å². The number of nitrogens with zero attached hydrogens (tertiary/aromatic N) is 1. The molecule has 8 nitrogen and oxygen atoms in total. The number of rotatable bonds is 7. The molecule has 35 heavy (non-hydrogen) atoms. The maximum atomic E-state index is 13.0. The fourth-order valence-electron chi connectivity index (χ4n) is 4.29. The summed E-state index contributed by atoms with van der Waals surface area (Å²) < 4.78 is 21.8. The van der Waals surface area contributed by atoms with Crippen molar-refractivity contribution < 1.29 is 28.3 Å². The molecular weight excluding hydrogens is 448 g/mol. The molecule has 2 aromatic carbocycles. The van der Waals surface area contributed by atoms with Crippen molar-refractivity contribution in [1.82, 2.24) is 0 Å². The van der Waals surface area contributed by atoms with Crippen molar-refractivity contribution >= 4 is 17.3 Å². The van der Waals surface area contributed by atoms with E-state index in [1.165, 1.54) is 30.9 Å². The molecule has 0 unspecified atom stereocenters.